The molecule has 0 aliphatic heterocycles. The van der Waals surface area contributed by atoms with E-state index in [-0.39, 0.29) is 0 Å². The summed E-state index contributed by atoms with van der Waals surface area (Å²) < 4.78 is 0. The van der Waals surface area contributed by atoms with Gasteiger partial charge in [0, 0.05) is 5.02 Å². The van der Waals surface area contributed by atoms with Crippen LogP contribution in [0, 0.1) is 0 Å². The van der Waals surface area contributed by atoms with Gasteiger partial charge in [0.1, 0.15) is 0 Å². The molecule has 0 N–H and O–H groups in total. The van der Waals surface area contributed by atoms with Crippen LogP contribution in [0.4, 0.5) is 0 Å². The van der Waals surface area contributed by atoms with Crippen molar-refractivity contribution in [2.45, 2.75) is 41.0 Å². The second-order valence-corrected chi connectivity index (χ2v) is 2.42. The smallest absolute Gasteiger partial charge is 0.0406 e. The van der Waals surface area contributed by atoms with Crippen molar-refractivity contribution in [1.29, 1.82) is 0 Å². The van der Waals surface area contributed by atoms with Gasteiger partial charge in [-0.1, -0.05) is 58.4 Å². The number of halogens is 1. The highest BCUT2D eigenvalue weighted by molar-refractivity contribution is 6.30. The van der Waals surface area contributed by atoms with Gasteiger partial charge in [-0.2, -0.15) is 0 Å². The van der Waals surface area contributed by atoms with Gasteiger partial charge in [-0.25, -0.2) is 0 Å². The van der Waals surface area contributed by atoms with Crippen LogP contribution in [-0.2, 0) is 6.42 Å². The molecule has 0 amide bonds. The molecule has 0 fully saturated rings. The molecule has 1 rings (SSSR count). The Kier molecular flexibility index (Phi) is 13.3. The van der Waals surface area contributed by atoms with Crippen LogP contribution in [-0.4, -0.2) is 0 Å². The maximum absolute atomic E-state index is 5.67. The molecule has 0 nitrogen and oxygen atoms in total. The van der Waals surface area contributed by atoms with Crippen molar-refractivity contribution in [2.75, 3.05) is 0 Å². The molecule has 1 heteroatoms. The predicted molar refractivity (Wildman–Crippen MR) is 63.5 cm³/mol. The fourth-order valence-electron chi connectivity index (χ4n) is 0.720. The Labute approximate surface area is 87.9 Å². The summed E-state index contributed by atoms with van der Waals surface area (Å²) in [4.78, 5) is 0. The summed E-state index contributed by atoms with van der Waals surface area (Å²) in [6.45, 7) is 10.1. The molecule has 0 atom stereocenters. The van der Waals surface area contributed by atoms with Crippen molar-refractivity contribution in [1.82, 2.24) is 0 Å². The SMILES string of the molecule is CC.CC.CCc1ccc(Cl)cc1. The summed E-state index contributed by atoms with van der Waals surface area (Å²) in [5, 5.41) is 0.812. The molecule has 0 aliphatic carbocycles. The topological polar surface area (TPSA) is 0 Å². The first-order valence-electron chi connectivity index (χ1n) is 5.07. The molecule has 0 spiro atoms. The van der Waals surface area contributed by atoms with Gasteiger partial charge in [0.25, 0.3) is 0 Å². The third kappa shape index (κ3) is 7.86. The van der Waals surface area contributed by atoms with Crippen LogP contribution in [0.2, 0.25) is 5.02 Å². The van der Waals surface area contributed by atoms with Crippen LogP contribution in [0.3, 0.4) is 0 Å². The van der Waals surface area contributed by atoms with Crippen molar-refractivity contribution in [3.8, 4) is 0 Å². The Balaban J connectivity index is 0. The average molecular weight is 201 g/mol. The van der Waals surface area contributed by atoms with E-state index in [9.17, 15) is 0 Å². The van der Waals surface area contributed by atoms with Crippen molar-refractivity contribution in [2.24, 2.45) is 0 Å². The van der Waals surface area contributed by atoms with Crippen molar-refractivity contribution in [3.05, 3.63) is 34.9 Å². The van der Waals surface area contributed by atoms with E-state index < -0.39 is 0 Å². The Morgan fingerprint density at radius 3 is 1.62 bits per heavy atom. The lowest BCUT2D eigenvalue weighted by Gasteiger charge is -1.93. The molecule has 0 heterocycles. The van der Waals surface area contributed by atoms with Crippen LogP contribution in [0.25, 0.3) is 0 Å². The first-order chi connectivity index (χ1) is 6.33. The van der Waals surface area contributed by atoms with Crippen LogP contribution in [0.15, 0.2) is 24.3 Å². The Bertz CT molecular complexity index is 177. The zero-order valence-electron chi connectivity index (χ0n) is 9.39. The van der Waals surface area contributed by atoms with E-state index in [4.69, 9.17) is 11.6 Å². The standard InChI is InChI=1S/C8H9Cl.2C2H6/c1-2-7-3-5-8(9)6-4-7;2*1-2/h3-6H,2H2,1H3;2*1-2H3. The van der Waals surface area contributed by atoms with E-state index in [2.05, 4.69) is 6.92 Å². The van der Waals surface area contributed by atoms with E-state index in [1.807, 2.05) is 52.0 Å². The molecule has 0 aromatic heterocycles. The van der Waals surface area contributed by atoms with Crippen molar-refractivity contribution < 1.29 is 0 Å². The van der Waals surface area contributed by atoms with Gasteiger partial charge in [-0.05, 0) is 24.1 Å². The molecular formula is C12H21Cl. The zero-order chi connectivity index (χ0) is 10.7. The molecule has 76 valence electrons. The predicted octanol–water partition coefficient (Wildman–Crippen LogP) is 4.95. The summed E-state index contributed by atoms with van der Waals surface area (Å²) in [5.74, 6) is 0. The lowest BCUT2D eigenvalue weighted by molar-refractivity contribution is 1.14. The van der Waals surface area contributed by atoms with Gasteiger partial charge < -0.3 is 0 Å². The van der Waals surface area contributed by atoms with Gasteiger partial charge in [-0.3, -0.25) is 0 Å². The first kappa shape index (κ1) is 15.0. The minimum absolute atomic E-state index is 0.812. The van der Waals surface area contributed by atoms with Crippen LogP contribution in [0.5, 0.6) is 0 Å². The maximum atomic E-state index is 5.67. The molecule has 0 bridgehead atoms. The van der Waals surface area contributed by atoms with E-state index >= 15 is 0 Å². The fraction of sp³-hybridized carbons (Fsp3) is 0.500. The van der Waals surface area contributed by atoms with E-state index in [1.165, 1.54) is 5.56 Å². The fourth-order valence-corrected chi connectivity index (χ4v) is 0.846. The van der Waals surface area contributed by atoms with Gasteiger partial charge in [0.05, 0.1) is 0 Å². The zero-order valence-corrected chi connectivity index (χ0v) is 10.2. The van der Waals surface area contributed by atoms with Crippen LogP contribution >= 0.6 is 11.6 Å². The number of hydrogen-bond donors (Lipinski definition) is 0. The quantitative estimate of drug-likeness (QED) is 0.602. The minimum atomic E-state index is 0.812. The minimum Gasteiger partial charge on any atom is -0.0843 e. The molecule has 0 unspecified atom stereocenters. The third-order valence-corrected chi connectivity index (χ3v) is 1.57. The number of rotatable bonds is 1. The Hall–Kier alpha value is -0.490. The number of aryl methyl sites for hydroxylation is 1. The second-order valence-electron chi connectivity index (χ2n) is 1.98. The van der Waals surface area contributed by atoms with E-state index in [0.717, 1.165) is 11.4 Å². The highest BCUT2D eigenvalue weighted by Crippen LogP contribution is 2.09. The van der Waals surface area contributed by atoms with Crippen LogP contribution in [0.1, 0.15) is 40.2 Å². The molecule has 13 heavy (non-hydrogen) atoms. The summed E-state index contributed by atoms with van der Waals surface area (Å²) in [7, 11) is 0. The summed E-state index contributed by atoms with van der Waals surface area (Å²) in [6.07, 6.45) is 1.08. The maximum Gasteiger partial charge on any atom is 0.0406 e. The molecule has 0 radical (unpaired) electrons. The average Bonchev–Trinajstić information content (AvgIpc) is 2.25. The summed E-state index contributed by atoms with van der Waals surface area (Å²) in [6, 6.07) is 7.92. The first-order valence-corrected chi connectivity index (χ1v) is 5.45. The molecule has 0 aliphatic rings. The normalized spacial score (nSPS) is 7.54. The van der Waals surface area contributed by atoms with Crippen LogP contribution < -0.4 is 0 Å². The van der Waals surface area contributed by atoms with E-state index in [0.29, 0.717) is 0 Å². The molecule has 1 aromatic rings. The molecule has 1 aromatic carbocycles. The second kappa shape index (κ2) is 11.5. The van der Waals surface area contributed by atoms with Gasteiger partial charge >= 0.3 is 0 Å². The van der Waals surface area contributed by atoms with Gasteiger partial charge in [0.15, 0.2) is 0 Å². The van der Waals surface area contributed by atoms with Gasteiger partial charge in [0.2, 0.25) is 0 Å². The number of benzene rings is 1. The lowest BCUT2D eigenvalue weighted by atomic mass is 10.2. The monoisotopic (exact) mass is 200 g/mol. The largest absolute Gasteiger partial charge is 0.0843 e. The molecule has 0 saturated carbocycles. The highest BCUT2D eigenvalue weighted by atomic mass is 35.5. The Morgan fingerprint density at radius 1 is 0.923 bits per heavy atom. The highest BCUT2D eigenvalue weighted by Gasteiger charge is 1.86. The van der Waals surface area contributed by atoms with E-state index in [1.54, 1.807) is 0 Å². The Morgan fingerprint density at radius 2 is 1.31 bits per heavy atom. The summed E-state index contributed by atoms with van der Waals surface area (Å²) >= 11 is 5.67. The molecular weight excluding hydrogens is 180 g/mol. The third-order valence-electron chi connectivity index (χ3n) is 1.32. The number of hydrogen-bond acceptors (Lipinski definition) is 0. The van der Waals surface area contributed by atoms with Crippen molar-refractivity contribution >= 4 is 11.6 Å². The summed E-state index contributed by atoms with van der Waals surface area (Å²) in [5.41, 5.74) is 1.33. The lowest BCUT2D eigenvalue weighted by Crippen LogP contribution is -1.75. The van der Waals surface area contributed by atoms with Crippen molar-refractivity contribution in [3.63, 3.8) is 0 Å². The van der Waals surface area contributed by atoms with Gasteiger partial charge in [-0.15, -0.1) is 0 Å². The molecule has 0 saturated heterocycles.